The summed E-state index contributed by atoms with van der Waals surface area (Å²) in [4.78, 5) is 55.9. The summed E-state index contributed by atoms with van der Waals surface area (Å²) in [5.41, 5.74) is 7.28. The lowest BCUT2D eigenvalue weighted by Gasteiger charge is -2.25. The molecular formula is C12H18F2N5O11P3. The van der Waals surface area contributed by atoms with Crippen LogP contribution >= 0.6 is 22.8 Å². The topological polar surface area (TPSA) is 243 Å². The number of nitrogens with one attached hydrogen (secondary N) is 1. The Morgan fingerprint density at radius 2 is 1.97 bits per heavy atom. The predicted molar refractivity (Wildman–Crippen MR) is 105 cm³/mol. The van der Waals surface area contributed by atoms with E-state index >= 15 is 0 Å². The number of alkyl halides is 2. The number of aryl methyl sites for hydroxylation is 1. The number of ether oxygens (including phenoxy) is 1. The third-order valence-corrected chi connectivity index (χ3v) is 10.1. The lowest BCUT2D eigenvalue weighted by atomic mass is 10.1. The SMILES string of the molecule is Cc1cn([C@H]2C[C@H](N=[N+]=[N-])[C@@H](COP(=O)(O)OP(=O)(O)C(F)(F)P(C)(=O)O)O2)c(=O)[nH]c1=O. The van der Waals surface area contributed by atoms with Crippen molar-refractivity contribution in [3.8, 4) is 0 Å². The van der Waals surface area contributed by atoms with E-state index in [1.807, 2.05) is 4.98 Å². The molecule has 6 atom stereocenters. The zero-order valence-electron chi connectivity index (χ0n) is 16.7. The maximum atomic E-state index is 13.7. The smallest absolute Gasteiger partial charge is 0.352 e. The highest BCUT2D eigenvalue weighted by Crippen LogP contribution is 2.77. The van der Waals surface area contributed by atoms with Crippen molar-refractivity contribution in [3.05, 3.63) is 43.0 Å². The van der Waals surface area contributed by atoms with Gasteiger partial charge in [-0.3, -0.25) is 28.0 Å². The summed E-state index contributed by atoms with van der Waals surface area (Å²) in [6.45, 7) is 0.415. The van der Waals surface area contributed by atoms with Crippen LogP contribution in [0, 0.1) is 6.92 Å². The van der Waals surface area contributed by atoms with Crippen LogP contribution in [0.5, 0.6) is 0 Å². The molecule has 2 rings (SSSR count). The molecule has 1 aliphatic heterocycles. The fraction of sp³-hybridized carbons (Fsp3) is 0.667. The van der Waals surface area contributed by atoms with Crippen LogP contribution in [0.1, 0.15) is 18.2 Å². The van der Waals surface area contributed by atoms with Gasteiger partial charge < -0.3 is 19.4 Å². The van der Waals surface area contributed by atoms with E-state index in [1.165, 1.54) is 6.92 Å². The first-order chi connectivity index (χ1) is 14.9. The molecule has 1 saturated heterocycles. The van der Waals surface area contributed by atoms with Crippen molar-refractivity contribution in [2.75, 3.05) is 13.3 Å². The molecule has 4 N–H and O–H groups in total. The van der Waals surface area contributed by atoms with E-state index in [9.17, 15) is 41.9 Å². The molecule has 0 radical (unpaired) electrons. The zero-order chi connectivity index (χ0) is 25.4. The van der Waals surface area contributed by atoms with Gasteiger partial charge in [-0.15, -0.1) is 0 Å². The molecule has 0 bridgehead atoms. The maximum absolute atomic E-state index is 13.7. The fourth-order valence-electron chi connectivity index (χ4n) is 2.64. The Hall–Kier alpha value is -1.70. The summed E-state index contributed by atoms with van der Waals surface area (Å²) in [6.07, 6.45) is -1.56. The van der Waals surface area contributed by atoms with Gasteiger partial charge in [0.25, 0.3) is 12.9 Å². The molecule has 2 heterocycles. The second-order valence-electron chi connectivity index (χ2n) is 6.87. The van der Waals surface area contributed by atoms with Gasteiger partial charge in [0.2, 0.25) is 0 Å². The van der Waals surface area contributed by atoms with Crippen molar-refractivity contribution >= 4 is 22.8 Å². The van der Waals surface area contributed by atoms with Gasteiger partial charge in [0.05, 0.1) is 18.8 Å². The number of hydrogen-bond acceptors (Lipinski definition) is 9. The Balaban J connectivity index is 2.19. The minimum absolute atomic E-state index is 0.0415. The second-order valence-corrected chi connectivity index (χ2v) is 13.0. The molecule has 1 aliphatic rings. The zero-order valence-corrected chi connectivity index (χ0v) is 19.4. The fourth-order valence-corrected chi connectivity index (χ4v) is 6.88. The predicted octanol–water partition coefficient (Wildman–Crippen LogP) is 1.58. The maximum Gasteiger partial charge on any atom is 0.479 e. The van der Waals surface area contributed by atoms with Gasteiger partial charge in [-0.2, -0.15) is 8.78 Å². The van der Waals surface area contributed by atoms with E-state index in [0.717, 1.165) is 10.8 Å². The average Bonchev–Trinajstić information content (AvgIpc) is 3.04. The Kier molecular flexibility index (Phi) is 7.94. The molecule has 16 nitrogen and oxygen atoms in total. The number of hydrogen-bond donors (Lipinski definition) is 4. The number of aromatic amines is 1. The highest BCUT2D eigenvalue weighted by molar-refractivity contribution is 7.77. The quantitative estimate of drug-likeness (QED) is 0.152. The average molecular weight is 539 g/mol. The third-order valence-electron chi connectivity index (χ3n) is 4.32. The molecular weight excluding hydrogens is 521 g/mol. The number of rotatable bonds is 9. The van der Waals surface area contributed by atoms with Crippen LogP contribution in [0.3, 0.4) is 0 Å². The van der Waals surface area contributed by atoms with Crippen LogP contribution in [0.15, 0.2) is 20.9 Å². The van der Waals surface area contributed by atoms with Gasteiger partial charge in [-0.25, -0.2) is 13.7 Å². The molecule has 3 unspecified atom stereocenters. The number of phosphoric acid groups is 1. The molecule has 0 aliphatic carbocycles. The monoisotopic (exact) mass is 539 g/mol. The van der Waals surface area contributed by atoms with Gasteiger partial charge in [0.1, 0.15) is 6.23 Å². The molecule has 1 aromatic rings. The molecule has 21 heteroatoms. The van der Waals surface area contributed by atoms with Crippen molar-refractivity contribution < 1.29 is 50.7 Å². The number of halogens is 2. The highest BCUT2D eigenvalue weighted by atomic mass is 31.3. The van der Waals surface area contributed by atoms with Crippen LogP contribution in [0.25, 0.3) is 10.4 Å². The first-order valence-corrected chi connectivity index (χ1v) is 13.8. The minimum Gasteiger partial charge on any atom is -0.352 e. The number of nitrogens with zero attached hydrogens (tertiary/aromatic N) is 4. The van der Waals surface area contributed by atoms with E-state index in [4.69, 9.17) is 15.2 Å². The van der Waals surface area contributed by atoms with Crippen LogP contribution in [-0.4, -0.2) is 55.1 Å². The van der Waals surface area contributed by atoms with Crippen molar-refractivity contribution in [3.63, 3.8) is 0 Å². The second kappa shape index (κ2) is 9.51. The van der Waals surface area contributed by atoms with Crippen molar-refractivity contribution in [2.24, 2.45) is 5.11 Å². The normalized spacial score (nSPS) is 26.6. The lowest BCUT2D eigenvalue weighted by molar-refractivity contribution is -0.0268. The van der Waals surface area contributed by atoms with Crippen molar-refractivity contribution in [1.82, 2.24) is 9.55 Å². The summed E-state index contributed by atoms with van der Waals surface area (Å²) in [5.74, 6) is 0. The molecule has 33 heavy (non-hydrogen) atoms. The summed E-state index contributed by atoms with van der Waals surface area (Å²) < 4.78 is 76.5. The number of aromatic nitrogens is 2. The first kappa shape index (κ1) is 27.5. The molecule has 186 valence electrons. The van der Waals surface area contributed by atoms with E-state index in [0.29, 0.717) is 0 Å². The molecule has 0 saturated carbocycles. The Morgan fingerprint density at radius 3 is 2.52 bits per heavy atom. The number of H-pyrrole nitrogens is 1. The summed E-state index contributed by atoms with van der Waals surface area (Å²) >= 11 is 0. The van der Waals surface area contributed by atoms with Crippen LogP contribution in [0.2, 0.25) is 0 Å². The van der Waals surface area contributed by atoms with E-state index < -0.39 is 64.4 Å². The van der Waals surface area contributed by atoms with Crippen LogP contribution in [-0.2, 0) is 27.3 Å². The van der Waals surface area contributed by atoms with E-state index in [1.54, 1.807) is 0 Å². The molecule has 1 fully saturated rings. The Bertz CT molecular complexity index is 1220. The lowest BCUT2D eigenvalue weighted by Crippen LogP contribution is -2.33. The minimum atomic E-state index is -6.49. The van der Waals surface area contributed by atoms with Crippen molar-refractivity contribution in [2.45, 2.75) is 37.1 Å². The standard InChI is InChI=1S/C12H18F2N5O11P3/c1-6-4-19(11(21)16-10(6)20)9-3-7(17-18-15)8(29-9)5-28-33(26,27)30-32(24,25)12(13,14)31(2,22)23/h4,7-9H,3,5H2,1-2H3,(H,22,23)(H,24,25)(H,26,27)(H,16,20,21)/t7-,8+,9+/m0/s1. The highest BCUT2D eigenvalue weighted by Gasteiger charge is 2.64. The third kappa shape index (κ3) is 6.06. The summed E-state index contributed by atoms with van der Waals surface area (Å²) in [7, 11) is -17.8. The van der Waals surface area contributed by atoms with Crippen LogP contribution < -0.4 is 11.2 Å². The Morgan fingerprint density at radius 1 is 1.36 bits per heavy atom. The van der Waals surface area contributed by atoms with Gasteiger partial charge in [0.15, 0.2) is 0 Å². The summed E-state index contributed by atoms with van der Waals surface area (Å²) in [6, 6.07) is -1.13. The summed E-state index contributed by atoms with van der Waals surface area (Å²) in [5, 5.41) is -1.90. The largest absolute Gasteiger partial charge is 0.479 e. The number of phosphoric ester groups is 1. The molecule has 0 amide bonds. The van der Waals surface area contributed by atoms with Gasteiger partial charge in [0, 0.05) is 29.8 Å². The van der Waals surface area contributed by atoms with E-state index in [2.05, 4.69) is 18.9 Å². The Labute approximate surface area is 182 Å². The van der Waals surface area contributed by atoms with Gasteiger partial charge in [-0.1, -0.05) is 5.11 Å². The van der Waals surface area contributed by atoms with Crippen molar-refractivity contribution in [1.29, 1.82) is 0 Å². The van der Waals surface area contributed by atoms with Crippen LogP contribution in [0.4, 0.5) is 8.78 Å². The molecule has 0 aromatic carbocycles. The van der Waals surface area contributed by atoms with Gasteiger partial charge in [-0.05, 0) is 12.5 Å². The van der Waals surface area contributed by atoms with Gasteiger partial charge >= 0.3 is 26.5 Å². The number of azide groups is 1. The molecule has 0 spiro atoms. The molecule has 1 aromatic heterocycles. The first-order valence-electron chi connectivity index (χ1n) is 8.63. The van der Waals surface area contributed by atoms with E-state index in [-0.39, 0.29) is 18.6 Å².